The van der Waals surface area contributed by atoms with Gasteiger partial charge in [0.2, 0.25) is 10.0 Å². The Labute approximate surface area is 143 Å². The van der Waals surface area contributed by atoms with Crippen LogP contribution in [0.15, 0.2) is 58.8 Å². The molecule has 3 aromatic rings. The van der Waals surface area contributed by atoms with E-state index >= 15 is 0 Å². The van der Waals surface area contributed by atoms with Gasteiger partial charge < -0.3 is 4.74 Å². The first-order valence-electron chi connectivity index (χ1n) is 7.17. The molecule has 0 saturated heterocycles. The van der Waals surface area contributed by atoms with Crippen LogP contribution in [0.25, 0.3) is 10.1 Å². The molecule has 0 amide bonds. The topological polar surface area (TPSA) is 72.5 Å². The van der Waals surface area contributed by atoms with E-state index in [9.17, 15) is 13.2 Å². The lowest BCUT2D eigenvalue weighted by Crippen LogP contribution is -2.18. The largest absolute Gasteiger partial charge is 0.457 e. The number of fused-ring (bicyclic) bond motifs is 1. The van der Waals surface area contributed by atoms with Gasteiger partial charge >= 0.3 is 5.97 Å². The van der Waals surface area contributed by atoms with Crippen LogP contribution in [-0.4, -0.2) is 21.4 Å². The highest BCUT2D eigenvalue weighted by atomic mass is 32.2. The zero-order chi connectivity index (χ0) is 17.2. The normalized spacial score (nSPS) is 11.5. The van der Waals surface area contributed by atoms with Crippen molar-refractivity contribution in [3.8, 4) is 0 Å². The van der Waals surface area contributed by atoms with Crippen LogP contribution in [0, 0.1) is 0 Å². The minimum absolute atomic E-state index is 0.102. The van der Waals surface area contributed by atoms with Crippen LogP contribution in [-0.2, 0) is 21.4 Å². The third-order valence-electron chi connectivity index (χ3n) is 3.59. The predicted octanol–water partition coefficient (Wildman–Crippen LogP) is 3.17. The lowest BCUT2D eigenvalue weighted by Gasteiger charge is -2.06. The van der Waals surface area contributed by atoms with Gasteiger partial charge in [-0.3, -0.25) is 0 Å². The number of carbonyl (C=O) groups is 1. The summed E-state index contributed by atoms with van der Waals surface area (Å²) in [5.41, 5.74) is 1.27. The summed E-state index contributed by atoms with van der Waals surface area (Å²) in [5.74, 6) is -0.487. The Hall–Kier alpha value is -2.22. The van der Waals surface area contributed by atoms with Gasteiger partial charge in [-0.05, 0) is 48.1 Å². The zero-order valence-corrected chi connectivity index (χ0v) is 14.5. The van der Waals surface area contributed by atoms with Crippen molar-refractivity contribution in [2.45, 2.75) is 11.5 Å². The maximum absolute atomic E-state index is 12.1. The molecule has 0 saturated carbocycles. The van der Waals surface area contributed by atoms with E-state index < -0.39 is 16.0 Å². The van der Waals surface area contributed by atoms with Gasteiger partial charge in [0.05, 0.1) is 10.5 Å². The number of benzene rings is 2. The minimum Gasteiger partial charge on any atom is -0.457 e. The quantitative estimate of drug-likeness (QED) is 0.709. The average Bonchev–Trinajstić information content (AvgIpc) is 3.03. The van der Waals surface area contributed by atoms with Crippen LogP contribution in [0.1, 0.15) is 15.9 Å². The van der Waals surface area contributed by atoms with Crippen LogP contribution in [0.4, 0.5) is 0 Å². The summed E-state index contributed by atoms with van der Waals surface area (Å²) < 4.78 is 32.0. The molecule has 2 aromatic carbocycles. The van der Waals surface area contributed by atoms with Crippen LogP contribution in [0.2, 0.25) is 0 Å². The molecule has 0 bridgehead atoms. The molecule has 0 aliphatic carbocycles. The molecule has 1 heterocycles. The van der Waals surface area contributed by atoms with Gasteiger partial charge in [0.15, 0.2) is 0 Å². The molecule has 0 atom stereocenters. The molecule has 124 valence electrons. The number of rotatable bonds is 5. The molecule has 0 radical (unpaired) electrons. The third kappa shape index (κ3) is 3.33. The second-order valence-electron chi connectivity index (χ2n) is 5.07. The Kier molecular flexibility index (Phi) is 4.66. The standard InChI is InChI=1S/C17H15NO4S2/c1-18-24(20,21)14-8-6-12(7-9-14)17(19)22-10-13-11-23-16-5-3-2-4-15(13)16/h2-9,11,18H,10H2,1H3. The second kappa shape index (κ2) is 6.72. The van der Waals surface area contributed by atoms with Crippen molar-refractivity contribution in [3.05, 3.63) is 65.0 Å². The molecular formula is C17H15NO4S2. The second-order valence-corrected chi connectivity index (χ2v) is 7.86. The fraction of sp³-hybridized carbons (Fsp3) is 0.118. The van der Waals surface area contributed by atoms with Crippen molar-refractivity contribution in [3.63, 3.8) is 0 Å². The Balaban J connectivity index is 1.71. The van der Waals surface area contributed by atoms with Crippen molar-refractivity contribution >= 4 is 37.4 Å². The van der Waals surface area contributed by atoms with E-state index in [0.29, 0.717) is 5.56 Å². The first kappa shape index (κ1) is 16.6. The SMILES string of the molecule is CNS(=O)(=O)c1ccc(C(=O)OCc2csc3ccccc23)cc1. The number of nitrogens with one attached hydrogen (secondary N) is 1. The number of thiophene rings is 1. The third-order valence-corrected chi connectivity index (χ3v) is 6.03. The minimum atomic E-state index is -3.51. The number of hydrogen-bond acceptors (Lipinski definition) is 5. The average molecular weight is 361 g/mol. The molecule has 0 aliphatic heterocycles. The van der Waals surface area contributed by atoms with E-state index in [0.717, 1.165) is 15.6 Å². The summed E-state index contributed by atoms with van der Waals surface area (Å²) in [6, 6.07) is 13.6. The predicted molar refractivity (Wildman–Crippen MR) is 93.6 cm³/mol. The summed E-state index contributed by atoms with van der Waals surface area (Å²) in [6.07, 6.45) is 0. The first-order chi connectivity index (χ1) is 11.5. The lowest BCUT2D eigenvalue weighted by atomic mass is 10.2. The Morgan fingerprint density at radius 1 is 1.12 bits per heavy atom. The number of ether oxygens (including phenoxy) is 1. The smallest absolute Gasteiger partial charge is 0.338 e. The van der Waals surface area contributed by atoms with Crippen LogP contribution < -0.4 is 4.72 Å². The summed E-state index contributed by atoms with van der Waals surface area (Å²) in [4.78, 5) is 12.2. The van der Waals surface area contributed by atoms with Crippen molar-refractivity contribution in [1.29, 1.82) is 0 Å². The van der Waals surface area contributed by atoms with Crippen molar-refractivity contribution in [2.75, 3.05) is 7.05 Å². The Morgan fingerprint density at radius 2 is 1.83 bits per heavy atom. The maximum atomic E-state index is 12.1. The van der Waals surface area contributed by atoms with Crippen LogP contribution in [0.5, 0.6) is 0 Å². The monoisotopic (exact) mass is 361 g/mol. The van der Waals surface area contributed by atoms with E-state index in [1.807, 2.05) is 29.6 Å². The Bertz CT molecular complexity index is 975. The highest BCUT2D eigenvalue weighted by Crippen LogP contribution is 2.26. The van der Waals surface area contributed by atoms with Gasteiger partial charge in [0.25, 0.3) is 0 Å². The molecular weight excluding hydrogens is 346 g/mol. The number of sulfonamides is 1. The van der Waals surface area contributed by atoms with Crippen molar-refractivity contribution in [2.24, 2.45) is 0 Å². The molecule has 5 nitrogen and oxygen atoms in total. The first-order valence-corrected chi connectivity index (χ1v) is 9.53. The van der Waals surface area contributed by atoms with E-state index in [2.05, 4.69) is 4.72 Å². The molecule has 7 heteroatoms. The fourth-order valence-electron chi connectivity index (χ4n) is 2.26. The fourth-order valence-corrected chi connectivity index (χ4v) is 3.94. The molecule has 0 spiro atoms. The Morgan fingerprint density at radius 3 is 2.54 bits per heavy atom. The summed E-state index contributed by atoms with van der Waals surface area (Å²) in [7, 11) is -2.18. The highest BCUT2D eigenvalue weighted by molar-refractivity contribution is 7.89. The van der Waals surface area contributed by atoms with Gasteiger partial charge in [-0.25, -0.2) is 17.9 Å². The van der Waals surface area contributed by atoms with Gasteiger partial charge in [-0.15, -0.1) is 11.3 Å². The van der Waals surface area contributed by atoms with E-state index in [1.165, 1.54) is 31.3 Å². The van der Waals surface area contributed by atoms with Crippen molar-refractivity contribution in [1.82, 2.24) is 4.72 Å². The number of carbonyl (C=O) groups excluding carboxylic acids is 1. The van der Waals surface area contributed by atoms with Crippen molar-refractivity contribution < 1.29 is 17.9 Å². The van der Waals surface area contributed by atoms with E-state index in [1.54, 1.807) is 11.3 Å². The molecule has 0 fully saturated rings. The number of esters is 1. The molecule has 0 unspecified atom stereocenters. The number of hydrogen-bond donors (Lipinski definition) is 1. The summed E-state index contributed by atoms with van der Waals surface area (Å²) in [6.45, 7) is 0.180. The zero-order valence-electron chi connectivity index (χ0n) is 12.9. The maximum Gasteiger partial charge on any atom is 0.338 e. The molecule has 1 N–H and O–H groups in total. The van der Waals surface area contributed by atoms with Gasteiger partial charge in [-0.1, -0.05) is 18.2 Å². The van der Waals surface area contributed by atoms with Crippen LogP contribution >= 0.6 is 11.3 Å². The summed E-state index contributed by atoms with van der Waals surface area (Å²) in [5, 5.41) is 3.05. The van der Waals surface area contributed by atoms with E-state index in [-0.39, 0.29) is 11.5 Å². The lowest BCUT2D eigenvalue weighted by molar-refractivity contribution is 0.0474. The molecule has 3 rings (SSSR count). The molecule has 1 aromatic heterocycles. The van der Waals surface area contributed by atoms with Gasteiger partial charge in [0.1, 0.15) is 6.61 Å². The summed E-state index contributed by atoms with van der Waals surface area (Å²) >= 11 is 1.60. The highest BCUT2D eigenvalue weighted by Gasteiger charge is 2.14. The van der Waals surface area contributed by atoms with Crippen LogP contribution in [0.3, 0.4) is 0 Å². The molecule has 0 aliphatic rings. The van der Waals surface area contributed by atoms with Gasteiger partial charge in [0, 0.05) is 10.3 Å². The van der Waals surface area contributed by atoms with Gasteiger partial charge in [-0.2, -0.15) is 0 Å². The van der Waals surface area contributed by atoms with E-state index in [4.69, 9.17) is 4.74 Å². The molecule has 24 heavy (non-hydrogen) atoms.